The predicted octanol–water partition coefficient (Wildman–Crippen LogP) is 4.22. The number of aryl methyl sites for hydroxylation is 3. The molecule has 0 aromatic heterocycles. The summed E-state index contributed by atoms with van der Waals surface area (Å²) in [5.41, 5.74) is 13.7. The molecule has 0 unspecified atom stereocenters. The van der Waals surface area contributed by atoms with E-state index in [9.17, 15) is 0 Å². The van der Waals surface area contributed by atoms with Gasteiger partial charge in [-0.15, -0.1) is 0 Å². The van der Waals surface area contributed by atoms with Crippen molar-refractivity contribution in [2.24, 2.45) is 0 Å². The van der Waals surface area contributed by atoms with E-state index in [1.807, 2.05) is 12.1 Å². The van der Waals surface area contributed by atoms with Gasteiger partial charge in [0.15, 0.2) is 0 Å². The standard InChI is InChI=1S/C19H26N2/c1-5-21(12-17-8-6-7-9-19(17)20)13-18-15(3)10-14(2)11-16(18)4/h6-11H,5,12-13,20H2,1-4H3. The molecule has 0 amide bonds. The molecule has 2 N–H and O–H groups in total. The second-order valence-corrected chi connectivity index (χ2v) is 5.88. The van der Waals surface area contributed by atoms with Crippen molar-refractivity contribution in [3.05, 3.63) is 64.2 Å². The monoisotopic (exact) mass is 282 g/mol. The number of para-hydroxylation sites is 1. The summed E-state index contributed by atoms with van der Waals surface area (Å²) < 4.78 is 0. The molecule has 2 aromatic rings. The van der Waals surface area contributed by atoms with Crippen LogP contribution < -0.4 is 5.73 Å². The minimum Gasteiger partial charge on any atom is -0.398 e. The maximum Gasteiger partial charge on any atom is 0.0359 e. The number of nitrogens with zero attached hydrogens (tertiary/aromatic N) is 1. The van der Waals surface area contributed by atoms with Crippen LogP contribution in [-0.2, 0) is 13.1 Å². The van der Waals surface area contributed by atoms with Gasteiger partial charge in [0.25, 0.3) is 0 Å². The molecule has 0 fully saturated rings. The third-order valence-corrected chi connectivity index (χ3v) is 4.12. The lowest BCUT2D eigenvalue weighted by molar-refractivity contribution is 0.271. The van der Waals surface area contributed by atoms with Crippen molar-refractivity contribution >= 4 is 5.69 Å². The zero-order valence-corrected chi connectivity index (χ0v) is 13.6. The van der Waals surface area contributed by atoms with Crippen LogP contribution in [0.1, 0.15) is 34.7 Å². The topological polar surface area (TPSA) is 29.3 Å². The summed E-state index contributed by atoms with van der Waals surface area (Å²) in [6.07, 6.45) is 0. The molecule has 0 heterocycles. The third-order valence-electron chi connectivity index (χ3n) is 4.12. The molecule has 2 aromatic carbocycles. The van der Waals surface area contributed by atoms with Gasteiger partial charge in [-0.25, -0.2) is 0 Å². The molecule has 0 radical (unpaired) electrons. The summed E-state index contributed by atoms with van der Waals surface area (Å²) in [6.45, 7) is 11.7. The van der Waals surface area contributed by atoms with Crippen LogP contribution in [-0.4, -0.2) is 11.4 Å². The number of anilines is 1. The first-order valence-corrected chi connectivity index (χ1v) is 7.63. The number of nitrogens with two attached hydrogens (primary N) is 1. The van der Waals surface area contributed by atoms with E-state index in [1.165, 1.54) is 27.8 Å². The normalized spacial score (nSPS) is 11.1. The lowest BCUT2D eigenvalue weighted by Gasteiger charge is -2.24. The Kier molecular flexibility index (Phi) is 5.03. The Hall–Kier alpha value is -1.80. The second kappa shape index (κ2) is 6.77. The first-order valence-electron chi connectivity index (χ1n) is 7.63. The molecule has 0 aliphatic rings. The van der Waals surface area contributed by atoms with Crippen LogP contribution in [0.25, 0.3) is 0 Å². The van der Waals surface area contributed by atoms with Gasteiger partial charge in [-0.3, -0.25) is 4.90 Å². The van der Waals surface area contributed by atoms with Crippen LogP contribution in [0.5, 0.6) is 0 Å². The van der Waals surface area contributed by atoms with E-state index in [4.69, 9.17) is 5.73 Å². The van der Waals surface area contributed by atoms with Gasteiger partial charge in [-0.05, 0) is 55.6 Å². The molecule has 2 heteroatoms. The third kappa shape index (κ3) is 3.85. The Labute approximate surface area is 128 Å². The van der Waals surface area contributed by atoms with Crippen molar-refractivity contribution in [3.63, 3.8) is 0 Å². The lowest BCUT2D eigenvalue weighted by atomic mass is 9.99. The molecule has 0 aliphatic heterocycles. The number of hydrogen-bond donors (Lipinski definition) is 1. The van der Waals surface area contributed by atoms with E-state index in [0.717, 1.165) is 25.3 Å². The number of hydrogen-bond acceptors (Lipinski definition) is 2. The summed E-state index contributed by atoms with van der Waals surface area (Å²) in [5.74, 6) is 0. The highest BCUT2D eigenvalue weighted by molar-refractivity contribution is 5.46. The summed E-state index contributed by atoms with van der Waals surface area (Å²) in [6, 6.07) is 12.7. The van der Waals surface area contributed by atoms with Crippen molar-refractivity contribution in [1.82, 2.24) is 4.90 Å². The van der Waals surface area contributed by atoms with Crippen molar-refractivity contribution in [3.8, 4) is 0 Å². The fraction of sp³-hybridized carbons (Fsp3) is 0.368. The Balaban J connectivity index is 2.19. The quantitative estimate of drug-likeness (QED) is 0.832. The summed E-state index contributed by atoms with van der Waals surface area (Å²) in [5, 5.41) is 0. The maximum absolute atomic E-state index is 6.07. The molecule has 2 nitrogen and oxygen atoms in total. The van der Waals surface area contributed by atoms with Gasteiger partial charge in [0.1, 0.15) is 0 Å². The first-order chi connectivity index (χ1) is 10.0. The minimum atomic E-state index is 0.883. The highest BCUT2D eigenvalue weighted by Crippen LogP contribution is 2.20. The number of rotatable bonds is 5. The van der Waals surface area contributed by atoms with Crippen LogP contribution in [0.15, 0.2) is 36.4 Å². The van der Waals surface area contributed by atoms with Crippen molar-refractivity contribution < 1.29 is 0 Å². The molecular weight excluding hydrogens is 256 g/mol. The largest absolute Gasteiger partial charge is 0.398 e. The Morgan fingerprint density at radius 2 is 1.57 bits per heavy atom. The fourth-order valence-electron chi connectivity index (χ4n) is 2.88. The Bertz CT molecular complexity index is 594. The number of nitrogen functional groups attached to an aromatic ring is 1. The van der Waals surface area contributed by atoms with Crippen LogP contribution in [0.4, 0.5) is 5.69 Å². The molecule has 112 valence electrons. The molecule has 21 heavy (non-hydrogen) atoms. The maximum atomic E-state index is 6.07. The molecular formula is C19H26N2. The fourth-order valence-corrected chi connectivity index (χ4v) is 2.88. The van der Waals surface area contributed by atoms with E-state index in [0.29, 0.717) is 0 Å². The molecule has 2 rings (SSSR count). The van der Waals surface area contributed by atoms with E-state index < -0.39 is 0 Å². The van der Waals surface area contributed by atoms with Gasteiger partial charge >= 0.3 is 0 Å². The first kappa shape index (κ1) is 15.6. The van der Waals surface area contributed by atoms with Crippen LogP contribution in [0.3, 0.4) is 0 Å². The zero-order valence-electron chi connectivity index (χ0n) is 13.6. The van der Waals surface area contributed by atoms with Gasteiger partial charge in [-0.2, -0.15) is 0 Å². The van der Waals surface area contributed by atoms with Gasteiger partial charge in [0.2, 0.25) is 0 Å². The van der Waals surface area contributed by atoms with E-state index >= 15 is 0 Å². The van der Waals surface area contributed by atoms with Crippen molar-refractivity contribution in [1.29, 1.82) is 0 Å². The van der Waals surface area contributed by atoms with Crippen LogP contribution >= 0.6 is 0 Å². The average Bonchev–Trinajstić information content (AvgIpc) is 2.43. The molecule has 0 saturated heterocycles. The number of benzene rings is 2. The highest BCUT2D eigenvalue weighted by atomic mass is 15.1. The van der Waals surface area contributed by atoms with Gasteiger partial charge in [0.05, 0.1) is 0 Å². The van der Waals surface area contributed by atoms with E-state index in [1.54, 1.807) is 0 Å². The van der Waals surface area contributed by atoms with Crippen LogP contribution in [0, 0.1) is 20.8 Å². The Morgan fingerprint density at radius 3 is 2.14 bits per heavy atom. The SMILES string of the molecule is CCN(Cc1ccccc1N)Cc1c(C)cc(C)cc1C. The van der Waals surface area contributed by atoms with E-state index in [2.05, 4.69) is 56.9 Å². The highest BCUT2D eigenvalue weighted by Gasteiger charge is 2.11. The molecule has 0 bridgehead atoms. The molecule has 0 spiro atoms. The van der Waals surface area contributed by atoms with E-state index in [-0.39, 0.29) is 0 Å². The molecule has 0 saturated carbocycles. The lowest BCUT2D eigenvalue weighted by Crippen LogP contribution is -2.23. The van der Waals surface area contributed by atoms with Gasteiger partial charge in [-0.1, -0.05) is 42.8 Å². The summed E-state index contributed by atoms with van der Waals surface area (Å²) >= 11 is 0. The molecule has 0 atom stereocenters. The van der Waals surface area contributed by atoms with Crippen LogP contribution in [0.2, 0.25) is 0 Å². The van der Waals surface area contributed by atoms with Crippen molar-refractivity contribution in [2.75, 3.05) is 12.3 Å². The summed E-state index contributed by atoms with van der Waals surface area (Å²) in [7, 11) is 0. The second-order valence-electron chi connectivity index (χ2n) is 5.88. The predicted molar refractivity (Wildman–Crippen MR) is 91.3 cm³/mol. The smallest absolute Gasteiger partial charge is 0.0359 e. The zero-order chi connectivity index (χ0) is 15.4. The van der Waals surface area contributed by atoms with Gasteiger partial charge in [0, 0.05) is 18.8 Å². The minimum absolute atomic E-state index is 0.883. The van der Waals surface area contributed by atoms with Gasteiger partial charge < -0.3 is 5.73 Å². The summed E-state index contributed by atoms with van der Waals surface area (Å²) in [4.78, 5) is 2.44. The average molecular weight is 282 g/mol. The van der Waals surface area contributed by atoms with Crippen molar-refractivity contribution in [2.45, 2.75) is 40.8 Å². The molecule has 0 aliphatic carbocycles. The Morgan fingerprint density at radius 1 is 0.952 bits per heavy atom.